The van der Waals surface area contributed by atoms with Crippen molar-refractivity contribution < 1.29 is 4.74 Å². The van der Waals surface area contributed by atoms with E-state index < -0.39 is 0 Å². The average Bonchev–Trinajstić information content (AvgIpc) is 2.76. The van der Waals surface area contributed by atoms with E-state index in [-0.39, 0.29) is 5.41 Å². The molecule has 0 amide bonds. The zero-order valence-electron chi connectivity index (χ0n) is 12.9. The Balaban J connectivity index is 2.15. The number of benzene rings is 1. The summed E-state index contributed by atoms with van der Waals surface area (Å²) in [5, 5.41) is 3.46. The van der Waals surface area contributed by atoms with Gasteiger partial charge in [0.25, 0.3) is 0 Å². The van der Waals surface area contributed by atoms with Crippen molar-refractivity contribution in [3.63, 3.8) is 0 Å². The van der Waals surface area contributed by atoms with Gasteiger partial charge in [-0.05, 0) is 36.9 Å². The van der Waals surface area contributed by atoms with Crippen molar-refractivity contribution in [2.24, 2.45) is 5.92 Å². The lowest BCUT2D eigenvalue weighted by Crippen LogP contribution is -2.25. The Kier molecular flexibility index (Phi) is 4.32. The molecular weight excluding hydrogens is 234 g/mol. The molecule has 1 N–H and O–H groups in total. The summed E-state index contributed by atoms with van der Waals surface area (Å²) in [6.45, 7) is 9.79. The summed E-state index contributed by atoms with van der Waals surface area (Å²) in [5.74, 6) is 0.584. The van der Waals surface area contributed by atoms with Crippen LogP contribution in [0.25, 0.3) is 0 Å². The van der Waals surface area contributed by atoms with Gasteiger partial charge in [-0.15, -0.1) is 0 Å². The Hall–Kier alpha value is -0.860. The summed E-state index contributed by atoms with van der Waals surface area (Å²) >= 11 is 0. The third-order valence-corrected chi connectivity index (χ3v) is 4.15. The number of rotatable bonds is 3. The first-order valence-electron chi connectivity index (χ1n) is 7.31. The quantitative estimate of drug-likeness (QED) is 0.896. The third-order valence-electron chi connectivity index (χ3n) is 4.15. The lowest BCUT2D eigenvalue weighted by Gasteiger charge is -2.24. The van der Waals surface area contributed by atoms with Crippen LogP contribution in [0, 0.1) is 5.92 Å². The molecule has 0 spiro atoms. The van der Waals surface area contributed by atoms with Crippen LogP contribution in [0.5, 0.6) is 0 Å². The molecule has 2 heteroatoms. The summed E-state index contributed by atoms with van der Waals surface area (Å²) in [6, 6.07) is 9.46. The predicted molar refractivity (Wildman–Crippen MR) is 80.5 cm³/mol. The Bertz CT molecular complexity index is 404. The topological polar surface area (TPSA) is 21.3 Å². The van der Waals surface area contributed by atoms with E-state index >= 15 is 0 Å². The van der Waals surface area contributed by atoms with Crippen LogP contribution in [0.3, 0.4) is 0 Å². The van der Waals surface area contributed by atoms with Crippen molar-refractivity contribution in [2.75, 3.05) is 13.7 Å². The number of hydrogen-bond donors (Lipinski definition) is 1. The highest BCUT2D eigenvalue weighted by Crippen LogP contribution is 2.32. The molecule has 1 aliphatic heterocycles. The van der Waals surface area contributed by atoms with Gasteiger partial charge in [0.1, 0.15) is 0 Å². The molecule has 106 valence electrons. The first kappa shape index (κ1) is 14.5. The van der Waals surface area contributed by atoms with Gasteiger partial charge in [0.2, 0.25) is 0 Å². The molecule has 19 heavy (non-hydrogen) atoms. The van der Waals surface area contributed by atoms with Crippen molar-refractivity contribution in [3.8, 4) is 0 Å². The average molecular weight is 261 g/mol. The molecule has 1 aliphatic rings. The fourth-order valence-corrected chi connectivity index (χ4v) is 2.95. The van der Waals surface area contributed by atoms with E-state index in [1.165, 1.54) is 11.1 Å². The van der Waals surface area contributed by atoms with Crippen molar-refractivity contribution in [3.05, 3.63) is 35.4 Å². The van der Waals surface area contributed by atoms with Crippen molar-refractivity contribution in [1.29, 1.82) is 0 Å². The van der Waals surface area contributed by atoms with Crippen molar-refractivity contribution in [2.45, 2.75) is 51.7 Å². The smallest absolute Gasteiger partial charge is 0.0551 e. The molecule has 3 atom stereocenters. The van der Waals surface area contributed by atoms with E-state index in [2.05, 4.69) is 57.3 Å². The van der Waals surface area contributed by atoms with Crippen molar-refractivity contribution in [1.82, 2.24) is 5.32 Å². The van der Waals surface area contributed by atoms with Gasteiger partial charge in [-0.1, -0.05) is 45.0 Å². The second kappa shape index (κ2) is 5.64. The van der Waals surface area contributed by atoms with Crippen LogP contribution >= 0.6 is 0 Å². The van der Waals surface area contributed by atoms with E-state index in [1.54, 1.807) is 0 Å². The third kappa shape index (κ3) is 3.37. The van der Waals surface area contributed by atoms with Gasteiger partial charge in [-0.25, -0.2) is 0 Å². The molecule has 0 bridgehead atoms. The van der Waals surface area contributed by atoms with Crippen LogP contribution < -0.4 is 5.32 Å². The Morgan fingerprint density at radius 1 is 1.21 bits per heavy atom. The second-order valence-electron chi connectivity index (χ2n) is 6.78. The molecule has 1 heterocycles. The normalized spacial score (nSPS) is 25.5. The fourth-order valence-electron chi connectivity index (χ4n) is 2.95. The lowest BCUT2D eigenvalue weighted by molar-refractivity contribution is 0.117. The summed E-state index contributed by atoms with van der Waals surface area (Å²) < 4.78 is 5.71. The lowest BCUT2D eigenvalue weighted by atomic mass is 9.84. The molecular formula is C17H27NO. The molecule has 1 saturated heterocycles. The highest BCUT2D eigenvalue weighted by atomic mass is 16.5. The van der Waals surface area contributed by atoms with E-state index in [0.29, 0.717) is 18.1 Å². The summed E-state index contributed by atoms with van der Waals surface area (Å²) in [7, 11) is 2.05. The first-order valence-corrected chi connectivity index (χ1v) is 7.31. The van der Waals surface area contributed by atoms with Crippen LogP contribution in [0.1, 0.15) is 51.3 Å². The molecule has 2 nitrogen and oxygen atoms in total. The highest BCUT2D eigenvalue weighted by molar-refractivity contribution is 5.29. The van der Waals surface area contributed by atoms with E-state index in [0.717, 1.165) is 13.0 Å². The molecule has 3 unspecified atom stereocenters. The largest absolute Gasteiger partial charge is 0.378 e. The number of ether oxygens (including phenoxy) is 1. The summed E-state index contributed by atoms with van der Waals surface area (Å²) in [5.41, 5.74) is 2.99. The summed E-state index contributed by atoms with van der Waals surface area (Å²) in [4.78, 5) is 0. The van der Waals surface area contributed by atoms with Gasteiger partial charge in [0.05, 0.1) is 12.7 Å². The van der Waals surface area contributed by atoms with Crippen LogP contribution in [0.15, 0.2) is 24.3 Å². The van der Waals surface area contributed by atoms with Gasteiger partial charge in [0, 0.05) is 12.0 Å². The standard InChI is InChI=1S/C17H27NO/c1-12-10-14(11-19-12)16(18-5)13-6-8-15(9-7-13)17(2,3)4/h6-9,12,14,16,18H,10-11H2,1-5H3. The van der Waals surface area contributed by atoms with Gasteiger partial charge in [-0.2, -0.15) is 0 Å². The van der Waals surface area contributed by atoms with E-state index in [4.69, 9.17) is 4.74 Å². The number of nitrogens with one attached hydrogen (secondary N) is 1. The summed E-state index contributed by atoms with van der Waals surface area (Å²) in [6.07, 6.45) is 1.54. The molecule has 2 rings (SSSR count). The molecule has 0 aromatic heterocycles. The Labute approximate surface area is 117 Å². The Morgan fingerprint density at radius 2 is 1.84 bits per heavy atom. The van der Waals surface area contributed by atoms with Gasteiger partial charge in [-0.3, -0.25) is 0 Å². The van der Waals surface area contributed by atoms with Crippen molar-refractivity contribution >= 4 is 0 Å². The van der Waals surface area contributed by atoms with Gasteiger partial charge >= 0.3 is 0 Å². The molecule has 0 aliphatic carbocycles. The van der Waals surface area contributed by atoms with E-state index in [1.807, 2.05) is 7.05 Å². The van der Waals surface area contributed by atoms with E-state index in [9.17, 15) is 0 Å². The second-order valence-corrected chi connectivity index (χ2v) is 6.78. The minimum atomic E-state index is 0.221. The minimum absolute atomic E-state index is 0.221. The van der Waals surface area contributed by atoms with Gasteiger partial charge < -0.3 is 10.1 Å². The van der Waals surface area contributed by atoms with Gasteiger partial charge in [0.15, 0.2) is 0 Å². The Morgan fingerprint density at radius 3 is 2.26 bits per heavy atom. The number of hydrogen-bond acceptors (Lipinski definition) is 2. The predicted octanol–water partition coefficient (Wildman–Crippen LogP) is 3.67. The van der Waals surface area contributed by atoms with Crippen LogP contribution in [-0.2, 0) is 10.2 Å². The fraction of sp³-hybridized carbons (Fsp3) is 0.647. The zero-order chi connectivity index (χ0) is 14.0. The SMILES string of the molecule is CNC(c1ccc(C(C)(C)C)cc1)C1COC(C)C1. The first-order chi connectivity index (χ1) is 8.91. The zero-order valence-corrected chi connectivity index (χ0v) is 12.9. The maximum absolute atomic E-state index is 5.71. The molecule has 1 aromatic rings. The molecule has 1 aromatic carbocycles. The molecule has 0 radical (unpaired) electrons. The van der Waals surface area contributed by atoms with Crippen LogP contribution in [-0.4, -0.2) is 19.8 Å². The maximum atomic E-state index is 5.71. The van der Waals surface area contributed by atoms with Crippen LogP contribution in [0.2, 0.25) is 0 Å². The monoisotopic (exact) mass is 261 g/mol. The maximum Gasteiger partial charge on any atom is 0.0551 e. The minimum Gasteiger partial charge on any atom is -0.378 e. The molecule has 0 saturated carbocycles. The molecule has 1 fully saturated rings. The van der Waals surface area contributed by atoms with Crippen LogP contribution in [0.4, 0.5) is 0 Å². The highest BCUT2D eigenvalue weighted by Gasteiger charge is 2.29.